The van der Waals surface area contributed by atoms with Crippen LogP contribution in [0, 0.1) is 25.2 Å². The first kappa shape index (κ1) is 17.9. The smallest absolute Gasteiger partial charge is 0.270 e. The number of H-pyrrole nitrogens is 1. The fourth-order valence-electron chi connectivity index (χ4n) is 2.67. The van der Waals surface area contributed by atoms with Gasteiger partial charge in [-0.15, -0.1) is 0 Å². The quantitative estimate of drug-likeness (QED) is 0.489. The third-order valence-electron chi connectivity index (χ3n) is 3.98. The van der Waals surface area contributed by atoms with Crippen molar-refractivity contribution in [3.63, 3.8) is 0 Å². The Balaban J connectivity index is 1.91. The van der Waals surface area contributed by atoms with E-state index in [4.69, 9.17) is 0 Å². The molecule has 27 heavy (non-hydrogen) atoms. The lowest BCUT2D eigenvalue weighted by Crippen LogP contribution is -2.16. The van der Waals surface area contributed by atoms with Crippen LogP contribution in [-0.4, -0.2) is 21.3 Å². The van der Waals surface area contributed by atoms with Crippen LogP contribution in [0.4, 0.5) is 5.95 Å². The minimum absolute atomic E-state index is 0.0551. The van der Waals surface area contributed by atoms with Gasteiger partial charge in [0.15, 0.2) is 0 Å². The summed E-state index contributed by atoms with van der Waals surface area (Å²) in [7, 11) is 0. The first-order valence-electron chi connectivity index (χ1n) is 8.18. The minimum Gasteiger partial charge on any atom is -0.507 e. The third kappa shape index (κ3) is 3.85. The zero-order chi connectivity index (χ0) is 19.4. The molecule has 1 aromatic heterocycles. The molecular formula is C20H17N5O2. The van der Waals surface area contributed by atoms with Gasteiger partial charge in [0.1, 0.15) is 17.4 Å². The summed E-state index contributed by atoms with van der Waals surface area (Å²) in [4.78, 5) is 19.0. The molecule has 0 spiro atoms. The molecule has 7 nitrogen and oxygen atoms in total. The van der Waals surface area contributed by atoms with Crippen LogP contribution in [0.3, 0.4) is 0 Å². The summed E-state index contributed by atoms with van der Waals surface area (Å²) < 4.78 is 0. The standard InChI is InChI=1S/C20H17N5O2/c1-12-8-14(9-13(2)18(12)26)11-22-25-20-23-17(15-6-4-3-5-7-15)16(10-21)19(27)24-20/h3-9,11,26H,1-2H3,(H2,23,24,25,27). The summed E-state index contributed by atoms with van der Waals surface area (Å²) in [5.41, 5.74) is 5.31. The summed E-state index contributed by atoms with van der Waals surface area (Å²) in [5.74, 6) is 0.382. The monoisotopic (exact) mass is 359 g/mol. The summed E-state index contributed by atoms with van der Waals surface area (Å²) in [6.45, 7) is 3.61. The van der Waals surface area contributed by atoms with Crippen molar-refractivity contribution in [1.29, 1.82) is 5.26 Å². The lowest BCUT2D eigenvalue weighted by molar-refractivity contribution is 0.467. The van der Waals surface area contributed by atoms with Gasteiger partial charge in [-0.1, -0.05) is 30.3 Å². The zero-order valence-electron chi connectivity index (χ0n) is 14.8. The highest BCUT2D eigenvalue weighted by Gasteiger charge is 2.12. The maximum absolute atomic E-state index is 12.2. The number of hydrogen-bond donors (Lipinski definition) is 3. The predicted octanol–water partition coefficient (Wildman–Crippen LogP) is 3.08. The molecule has 0 atom stereocenters. The minimum atomic E-state index is -0.541. The van der Waals surface area contributed by atoms with Gasteiger partial charge in [0, 0.05) is 5.56 Å². The van der Waals surface area contributed by atoms with Gasteiger partial charge in [-0.3, -0.25) is 9.78 Å². The van der Waals surface area contributed by atoms with E-state index in [9.17, 15) is 15.2 Å². The number of hydrogen-bond acceptors (Lipinski definition) is 6. The first-order valence-corrected chi connectivity index (χ1v) is 8.18. The highest BCUT2D eigenvalue weighted by Crippen LogP contribution is 2.22. The number of aromatic hydroxyl groups is 1. The summed E-state index contributed by atoms with van der Waals surface area (Å²) >= 11 is 0. The Bertz CT molecular complexity index is 1090. The maximum atomic E-state index is 12.2. The van der Waals surface area contributed by atoms with E-state index in [2.05, 4.69) is 20.5 Å². The Morgan fingerprint density at radius 2 is 1.89 bits per heavy atom. The molecule has 7 heteroatoms. The number of aromatic nitrogens is 2. The predicted molar refractivity (Wildman–Crippen MR) is 104 cm³/mol. The van der Waals surface area contributed by atoms with Gasteiger partial charge in [0.05, 0.1) is 11.9 Å². The average Bonchev–Trinajstić information content (AvgIpc) is 2.66. The molecule has 0 radical (unpaired) electrons. The highest BCUT2D eigenvalue weighted by atomic mass is 16.3. The Hall–Kier alpha value is -3.92. The molecule has 0 bridgehead atoms. The largest absolute Gasteiger partial charge is 0.507 e. The number of aryl methyl sites for hydroxylation is 2. The Morgan fingerprint density at radius 1 is 1.22 bits per heavy atom. The second kappa shape index (κ2) is 7.54. The number of rotatable bonds is 4. The fourth-order valence-corrected chi connectivity index (χ4v) is 2.67. The van der Waals surface area contributed by atoms with Crippen molar-refractivity contribution >= 4 is 12.2 Å². The van der Waals surface area contributed by atoms with Gasteiger partial charge in [-0.05, 0) is 42.7 Å². The summed E-state index contributed by atoms with van der Waals surface area (Å²) in [6, 6.07) is 14.5. The molecule has 0 aliphatic heterocycles. The van der Waals surface area contributed by atoms with Crippen molar-refractivity contribution in [1.82, 2.24) is 9.97 Å². The fraction of sp³-hybridized carbons (Fsp3) is 0.100. The number of anilines is 1. The molecule has 0 amide bonds. The molecule has 0 saturated heterocycles. The van der Waals surface area contributed by atoms with Crippen LogP contribution in [0.2, 0.25) is 0 Å². The maximum Gasteiger partial charge on any atom is 0.270 e. The molecule has 0 saturated carbocycles. The van der Waals surface area contributed by atoms with Crippen LogP contribution in [0.25, 0.3) is 11.3 Å². The highest BCUT2D eigenvalue weighted by molar-refractivity contribution is 5.81. The lowest BCUT2D eigenvalue weighted by atomic mass is 10.1. The Morgan fingerprint density at radius 3 is 2.52 bits per heavy atom. The average molecular weight is 359 g/mol. The second-order valence-corrected chi connectivity index (χ2v) is 5.99. The molecule has 0 aliphatic rings. The van der Waals surface area contributed by atoms with E-state index < -0.39 is 5.56 Å². The van der Waals surface area contributed by atoms with E-state index in [1.807, 2.05) is 12.1 Å². The summed E-state index contributed by atoms with van der Waals surface area (Å²) in [5, 5.41) is 23.2. The SMILES string of the molecule is Cc1cc(C=NNc2nc(-c3ccccc3)c(C#N)c(=O)[nH]2)cc(C)c1O. The molecule has 0 fully saturated rings. The van der Waals surface area contributed by atoms with Crippen molar-refractivity contribution in [2.75, 3.05) is 5.43 Å². The Kier molecular flexibility index (Phi) is 4.99. The number of benzene rings is 2. The van der Waals surface area contributed by atoms with Crippen molar-refractivity contribution in [3.8, 4) is 23.1 Å². The van der Waals surface area contributed by atoms with E-state index >= 15 is 0 Å². The van der Waals surface area contributed by atoms with E-state index in [0.29, 0.717) is 5.56 Å². The van der Waals surface area contributed by atoms with Crippen molar-refractivity contribution in [2.24, 2.45) is 5.10 Å². The first-order chi connectivity index (χ1) is 13.0. The second-order valence-electron chi connectivity index (χ2n) is 5.99. The number of aromatic amines is 1. The molecule has 3 N–H and O–H groups in total. The van der Waals surface area contributed by atoms with Crippen LogP contribution < -0.4 is 11.0 Å². The molecule has 1 heterocycles. The molecular weight excluding hydrogens is 342 g/mol. The summed E-state index contributed by atoms with van der Waals surface area (Å²) in [6.07, 6.45) is 1.56. The van der Waals surface area contributed by atoms with E-state index in [0.717, 1.165) is 16.7 Å². The van der Waals surface area contributed by atoms with Crippen LogP contribution in [-0.2, 0) is 0 Å². The number of hydrazone groups is 1. The van der Waals surface area contributed by atoms with Crippen LogP contribution in [0.5, 0.6) is 5.75 Å². The number of nitriles is 1. The molecule has 134 valence electrons. The molecule has 0 unspecified atom stereocenters. The zero-order valence-corrected chi connectivity index (χ0v) is 14.8. The van der Waals surface area contributed by atoms with Gasteiger partial charge >= 0.3 is 0 Å². The van der Waals surface area contributed by atoms with Crippen molar-refractivity contribution in [3.05, 3.63) is 75.1 Å². The normalized spacial score (nSPS) is 10.7. The third-order valence-corrected chi connectivity index (χ3v) is 3.98. The number of nitrogens with one attached hydrogen (secondary N) is 2. The Labute approximate surface area is 155 Å². The van der Waals surface area contributed by atoms with Crippen LogP contribution in [0.1, 0.15) is 22.3 Å². The van der Waals surface area contributed by atoms with E-state index in [-0.39, 0.29) is 23.0 Å². The molecule has 2 aromatic carbocycles. The van der Waals surface area contributed by atoms with Gasteiger partial charge in [0.2, 0.25) is 5.95 Å². The number of phenols is 1. The van der Waals surface area contributed by atoms with Crippen molar-refractivity contribution in [2.45, 2.75) is 13.8 Å². The van der Waals surface area contributed by atoms with Gasteiger partial charge in [-0.2, -0.15) is 10.4 Å². The van der Waals surface area contributed by atoms with Gasteiger partial charge < -0.3 is 5.11 Å². The van der Waals surface area contributed by atoms with E-state index in [1.54, 1.807) is 56.5 Å². The topological polar surface area (TPSA) is 114 Å². The molecule has 0 aliphatic carbocycles. The molecule has 3 rings (SSSR count). The molecule has 3 aromatic rings. The lowest BCUT2D eigenvalue weighted by Gasteiger charge is -2.06. The van der Waals surface area contributed by atoms with Gasteiger partial charge in [0.25, 0.3) is 5.56 Å². The van der Waals surface area contributed by atoms with Crippen LogP contribution in [0.15, 0.2) is 52.4 Å². The number of phenolic OH excluding ortho intramolecular Hbond substituents is 1. The van der Waals surface area contributed by atoms with Gasteiger partial charge in [-0.25, -0.2) is 10.4 Å². The van der Waals surface area contributed by atoms with Crippen molar-refractivity contribution < 1.29 is 5.11 Å². The number of nitrogens with zero attached hydrogens (tertiary/aromatic N) is 3. The van der Waals surface area contributed by atoms with Crippen LogP contribution >= 0.6 is 0 Å². The van der Waals surface area contributed by atoms with E-state index in [1.165, 1.54) is 0 Å².